The molecule has 3 atom stereocenters. The summed E-state index contributed by atoms with van der Waals surface area (Å²) in [7, 11) is 0. The molecule has 1 aliphatic rings. The molecule has 0 saturated heterocycles. The molecule has 19 heavy (non-hydrogen) atoms. The van der Waals surface area contributed by atoms with Crippen LogP contribution in [0.1, 0.15) is 39.5 Å². The quantitative estimate of drug-likeness (QED) is 0.497. The van der Waals surface area contributed by atoms with Crippen molar-refractivity contribution in [3.05, 3.63) is 29.2 Å². The first-order chi connectivity index (χ1) is 9.22. The molecule has 1 aliphatic carbocycles. The fourth-order valence-electron chi connectivity index (χ4n) is 2.11. The van der Waals surface area contributed by atoms with Gasteiger partial charge in [-0.15, -0.1) is 0 Å². The van der Waals surface area contributed by atoms with E-state index in [4.69, 9.17) is 4.74 Å². The summed E-state index contributed by atoms with van der Waals surface area (Å²) in [4.78, 5) is 22.6. The minimum absolute atomic E-state index is 0.347. The van der Waals surface area contributed by atoms with Gasteiger partial charge in [-0.3, -0.25) is 4.79 Å². The number of esters is 1. The molecular formula is C15H23NO3. The summed E-state index contributed by atoms with van der Waals surface area (Å²) < 4.78 is 5.34. The average Bonchev–Trinajstić information content (AvgIpc) is 2.47. The Bertz CT molecular complexity index is 349. The fraction of sp³-hybridized carbons (Fsp3) is 0.667. The van der Waals surface area contributed by atoms with Gasteiger partial charge in [-0.2, -0.15) is 4.91 Å². The zero-order valence-electron chi connectivity index (χ0n) is 11.7. The van der Waals surface area contributed by atoms with Gasteiger partial charge in [0.05, 0.1) is 6.61 Å². The smallest absolute Gasteiger partial charge is 0.315 e. The molecule has 106 valence electrons. The summed E-state index contributed by atoms with van der Waals surface area (Å²) in [6.07, 6.45) is 11.2. The largest absolute Gasteiger partial charge is 0.465 e. The highest BCUT2D eigenvalue weighted by molar-refractivity contribution is 5.76. The molecule has 0 saturated carbocycles. The Labute approximate surface area is 114 Å². The van der Waals surface area contributed by atoms with Gasteiger partial charge < -0.3 is 4.74 Å². The van der Waals surface area contributed by atoms with Crippen molar-refractivity contribution in [3.63, 3.8) is 0 Å². The second-order valence-corrected chi connectivity index (χ2v) is 4.94. The van der Waals surface area contributed by atoms with Gasteiger partial charge in [0.15, 0.2) is 0 Å². The molecule has 0 radical (unpaired) electrons. The third-order valence-electron chi connectivity index (χ3n) is 3.50. The summed E-state index contributed by atoms with van der Waals surface area (Å²) in [5, 5.41) is 2.96. The average molecular weight is 265 g/mol. The topological polar surface area (TPSA) is 55.7 Å². The van der Waals surface area contributed by atoms with Crippen molar-refractivity contribution < 1.29 is 9.53 Å². The van der Waals surface area contributed by atoms with Crippen molar-refractivity contribution in [1.82, 2.24) is 0 Å². The number of ether oxygens (including phenoxy) is 1. The molecule has 0 heterocycles. The lowest BCUT2D eigenvalue weighted by atomic mass is 9.96. The first-order valence-corrected chi connectivity index (χ1v) is 7.07. The van der Waals surface area contributed by atoms with Gasteiger partial charge in [-0.25, -0.2) is 0 Å². The number of unbranched alkanes of at least 4 members (excludes halogenated alkanes) is 1. The number of allylic oxidation sites excluding steroid dienone is 2. The van der Waals surface area contributed by atoms with Gasteiger partial charge in [-0.1, -0.05) is 62.6 Å². The van der Waals surface area contributed by atoms with E-state index in [0.29, 0.717) is 12.5 Å². The summed E-state index contributed by atoms with van der Waals surface area (Å²) in [5.41, 5.74) is 0. The van der Waals surface area contributed by atoms with Crippen LogP contribution in [0, 0.1) is 16.7 Å². The van der Waals surface area contributed by atoms with Gasteiger partial charge >= 0.3 is 5.97 Å². The van der Waals surface area contributed by atoms with Gasteiger partial charge in [-0.05, 0) is 12.3 Å². The highest BCUT2D eigenvalue weighted by Crippen LogP contribution is 2.19. The standard InChI is InChI=1S/C15H23NO3/c1-3-5-8-12(4-2)11-19-15(17)13-9-6-7-10-14(13)16-18/h6-7,9-10,12-14H,3-5,8,11H2,1-2H3. The van der Waals surface area contributed by atoms with Crippen LogP contribution < -0.4 is 0 Å². The van der Waals surface area contributed by atoms with Gasteiger partial charge in [0.25, 0.3) is 0 Å². The number of carbonyl (C=O) groups excluding carboxylic acids is 1. The van der Waals surface area contributed by atoms with Crippen LogP contribution in [-0.2, 0) is 9.53 Å². The van der Waals surface area contributed by atoms with E-state index in [1.165, 1.54) is 0 Å². The minimum Gasteiger partial charge on any atom is -0.465 e. The Morgan fingerprint density at radius 1 is 1.32 bits per heavy atom. The predicted octanol–water partition coefficient (Wildman–Crippen LogP) is 3.62. The van der Waals surface area contributed by atoms with Crippen molar-refractivity contribution in [2.24, 2.45) is 17.0 Å². The van der Waals surface area contributed by atoms with Gasteiger partial charge in [0.2, 0.25) is 0 Å². The Morgan fingerprint density at radius 3 is 2.68 bits per heavy atom. The number of nitrogens with zero attached hydrogens (tertiary/aromatic N) is 1. The van der Waals surface area contributed by atoms with Crippen LogP contribution in [0.25, 0.3) is 0 Å². The zero-order valence-corrected chi connectivity index (χ0v) is 11.7. The van der Waals surface area contributed by atoms with E-state index in [2.05, 4.69) is 19.0 Å². The molecule has 0 aromatic rings. The molecule has 1 rings (SSSR count). The lowest BCUT2D eigenvalue weighted by Gasteiger charge is -2.19. The van der Waals surface area contributed by atoms with Crippen molar-refractivity contribution >= 4 is 5.97 Å². The van der Waals surface area contributed by atoms with E-state index in [-0.39, 0.29) is 5.97 Å². The SMILES string of the molecule is CCCCC(CC)COC(=O)C1C=CC=CC1N=O. The van der Waals surface area contributed by atoms with Gasteiger partial charge in [0.1, 0.15) is 12.0 Å². The fourth-order valence-corrected chi connectivity index (χ4v) is 2.11. The summed E-state index contributed by atoms with van der Waals surface area (Å²) in [6, 6.07) is -0.631. The van der Waals surface area contributed by atoms with Crippen molar-refractivity contribution in [2.45, 2.75) is 45.6 Å². The van der Waals surface area contributed by atoms with Crippen LogP contribution in [0.3, 0.4) is 0 Å². The number of hydrogen-bond donors (Lipinski definition) is 0. The minimum atomic E-state index is -0.631. The molecule has 4 heteroatoms. The van der Waals surface area contributed by atoms with Gasteiger partial charge in [0, 0.05) is 0 Å². The normalized spacial score (nSPS) is 23.1. The number of hydrogen-bond acceptors (Lipinski definition) is 4. The second kappa shape index (κ2) is 8.62. The third-order valence-corrected chi connectivity index (χ3v) is 3.50. The van der Waals surface area contributed by atoms with E-state index >= 15 is 0 Å². The number of nitroso groups, excluding NO2 is 1. The van der Waals surface area contributed by atoms with E-state index in [1.807, 2.05) is 0 Å². The van der Waals surface area contributed by atoms with Crippen molar-refractivity contribution in [3.8, 4) is 0 Å². The molecule has 0 N–H and O–H groups in total. The summed E-state index contributed by atoms with van der Waals surface area (Å²) in [6.45, 7) is 4.69. The third kappa shape index (κ3) is 4.97. The highest BCUT2D eigenvalue weighted by atomic mass is 16.5. The molecule has 0 amide bonds. The van der Waals surface area contributed by atoms with E-state index < -0.39 is 12.0 Å². The molecule has 3 unspecified atom stereocenters. The number of carbonyl (C=O) groups is 1. The van der Waals surface area contributed by atoms with Crippen molar-refractivity contribution in [1.29, 1.82) is 0 Å². The molecule has 0 aliphatic heterocycles. The zero-order chi connectivity index (χ0) is 14.1. The lowest BCUT2D eigenvalue weighted by Crippen LogP contribution is -2.28. The molecule has 0 spiro atoms. The first kappa shape index (κ1) is 15.6. The molecule has 0 fully saturated rings. The summed E-state index contributed by atoms with van der Waals surface area (Å²) in [5.74, 6) is -0.499. The van der Waals surface area contributed by atoms with E-state index in [9.17, 15) is 9.70 Å². The molecule has 0 aromatic carbocycles. The van der Waals surface area contributed by atoms with Crippen LogP contribution >= 0.6 is 0 Å². The van der Waals surface area contributed by atoms with Crippen LogP contribution in [-0.4, -0.2) is 18.6 Å². The predicted molar refractivity (Wildman–Crippen MR) is 75.6 cm³/mol. The highest BCUT2D eigenvalue weighted by Gasteiger charge is 2.28. The maximum absolute atomic E-state index is 12.0. The summed E-state index contributed by atoms with van der Waals surface area (Å²) >= 11 is 0. The van der Waals surface area contributed by atoms with Crippen LogP contribution in [0.4, 0.5) is 0 Å². The maximum atomic E-state index is 12.0. The Morgan fingerprint density at radius 2 is 2.05 bits per heavy atom. The lowest BCUT2D eigenvalue weighted by molar-refractivity contribution is -0.148. The molecule has 0 aromatic heterocycles. The molecular weight excluding hydrogens is 242 g/mol. The van der Waals surface area contributed by atoms with E-state index in [1.54, 1.807) is 24.3 Å². The molecule has 4 nitrogen and oxygen atoms in total. The van der Waals surface area contributed by atoms with Crippen LogP contribution in [0.2, 0.25) is 0 Å². The van der Waals surface area contributed by atoms with E-state index in [0.717, 1.165) is 25.7 Å². The monoisotopic (exact) mass is 265 g/mol. The number of rotatable bonds is 8. The maximum Gasteiger partial charge on any atom is 0.315 e. The van der Waals surface area contributed by atoms with Crippen molar-refractivity contribution in [2.75, 3.05) is 6.61 Å². The first-order valence-electron chi connectivity index (χ1n) is 7.07. The second-order valence-electron chi connectivity index (χ2n) is 4.94. The molecule has 0 bridgehead atoms. The van der Waals surface area contributed by atoms with Crippen LogP contribution in [0.15, 0.2) is 29.5 Å². The van der Waals surface area contributed by atoms with Crippen LogP contribution in [0.5, 0.6) is 0 Å². The Kier molecular flexibility index (Phi) is 7.08. The Hall–Kier alpha value is -1.45. The Balaban J connectivity index is 2.43.